The molecule has 0 aliphatic heterocycles. The number of hydrogen-bond acceptors (Lipinski definition) is 7. The fourth-order valence-electron chi connectivity index (χ4n) is 1.92. The van der Waals surface area contributed by atoms with E-state index in [2.05, 4.69) is 19.8 Å². The van der Waals surface area contributed by atoms with E-state index < -0.39 is 27.7 Å². The molecule has 27 heavy (non-hydrogen) atoms. The number of ether oxygens (including phenoxy) is 1. The molecule has 2 N–H and O–H groups in total. The second-order valence-electron chi connectivity index (χ2n) is 4.98. The summed E-state index contributed by atoms with van der Waals surface area (Å²) in [6.45, 7) is -0.132. The van der Waals surface area contributed by atoms with Crippen molar-refractivity contribution in [3.05, 3.63) is 39.2 Å². The Bertz CT molecular complexity index is 932. The summed E-state index contributed by atoms with van der Waals surface area (Å²) in [7, 11) is -2.84. The van der Waals surface area contributed by atoms with E-state index >= 15 is 0 Å². The highest BCUT2D eigenvalue weighted by atomic mass is 35.5. The molecular formula is C14H13ClF3N3O4S2. The van der Waals surface area contributed by atoms with Gasteiger partial charge in [0.05, 0.1) is 17.7 Å². The molecule has 2 aromatic rings. The number of aromatic nitrogens is 1. The molecular weight excluding hydrogens is 431 g/mol. The molecule has 0 aliphatic rings. The molecule has 2 aromatic heterocycles. The van der Waals surface area contributed by atoms with Gasteiger partial charge in [-0.15, -0.1) is 11.3 Å². The molecule has 0 unspecified atom stereocenters. The third-order valence-electron chi connectivity index (χ3n) is 3.17. The van der Waals surface area contributed by atoms with Gasteiger partial charge < -0.3 is 10.1 Å². The molecule has 0 saturated heterocycles. The minimum Gasteiger partial charge on any atom is -0.465 e. The molecule has 7 nitrogen and oxygen atoms in total. The molecule has 0 bridgehead atoms. The van der Waals surface area contributed by atoms with Gasteiger partial charge in [0.1, 0.15) is 15.6 Å². The molecule has 0 amide bonds. The van der Waals surface area contributed by atoms with Crippen LogP contribution in [0, 0.1) is 0 Å². The topological polar surface area (TPSA) is 97.4 Å². The summed E-state index contributed by atoms with van der Waals surface area (Å²) in [6.07, 6.45) is -3.95. The number of esters is 1. The van der Waals surface area contributed by atoms with Crippen LogP contribution in [0.3, 0.4) is 0 Å². The number of methoxy groups -OCH3 is 1. The Kier molecular flexibility index (Phi) is 6.68. The van der Waals surface area contributed by atoms with E-state index in [-0.39, 0.29) is 33.7 Å². The number of carbonyl (C=O) groups is 1. The largest absolute Gasteiger partial charge is 0.465 e. The van der Waals surface area contributed by atoms with Crippen LogP contribution in [0.1, 0.15) is 15.2 Å². The lowest BCUT2D eigenvalue weighted by atomic mass is 10.3. The Morgan fingerprint density at radius 1 is 1.37 bits per heavy atom. The lowest BCUT2D eigenvalue weighted by molar-refractivity contribution is -0.137. The van der Waals surface area contributed by atoms with Gasteiger partial charge in [-0.1, -0.05) is 11.6 Å². The van der Waals surface area contributed by atoms with Crippen LogP contribution in [0.25, 0.3) is 0 Å². The van der Waals surface area contributed by atoms with E-state index in [4.69, 9.17) is 11.6 Å². The van der Waals surface area contributed by atoms with Gasteiger partial charge in [-0.2, -0.15) is 13.2 Å². The molecule has 148 valence electrons. The Morgan fingerprint density at radius 3 is 2.67 bits per heavy atom. The van der Waals surface area contributed by atoms with Crippen LogP contribution in [-0.4, -0.2) is 39.6 Å². The van der Waals surface area contributed by atoms with Crippen LogP contribution in [0.2, 0.25) is 5.02 Å². The Labute approximate surface area is 161 Å². The van der Waals surface area contributed by atoms with Crippen LogP contribution in [-0.2, 0) is 20.9 Å². The van der Waals surface area contributed by atoms with Crippen molar-refractivity contribution in [2.45, 2.75) is 11.1 Å². The van der Waals surface area contributed by atoms with Crippen molar-refractivity contribution in [3.63, 3.8) is 0 Å². The van der Waals surface area contributed by atoms with Crippen molar-refractivity contribution in [3.8, 4) is 0 Å². The summed E-state index contributed by atoms with van der Waals surface area (Å²) in [5, 5.41) is 3.82. The summed E-state index contributed by atoms with van der Waals surface area (Å²) in [5.74, 6) is -0.793. The predicted molar refractivity (Wildman–Crippen MR) is 93.6 cm³/mol. The normalized spacial score (nSPS) is 12.0. The van der Waals surface area contributed by atoms with E-state index in [1.165, 1.54) is 11.4 Å². The smallest absolute Gasteiger partial charge is 0.417 e. The zero-order valence-electron chi connectivity index (χ0n) is 13.6. The maximum absolute atomic E-state index is 12.6. The zero-order valence-corrected chi connectivity index (χ0v) is 16.0. The van der Waals surface area contributed by atoms with Gasteiger partial charge in [-0.25, -0.2) is 22.9 Å². The molecule has 0 aromatic carbocycles. The molecule has 2 rings (SSSR count). The minimum absolute atomic E-state index is 0.00495. The van der Waals surface area contributed by atoms with Crippen LogP contribution in [0.4, 0.5) is 19.0 Å². The van der Waals surface area contributed by atoms with Crippen molar-refractivity contribution >= 4 is 44.7 Å². The van der Waals surface area contributed by atoms with Crippen molar-refractivity contribution in [1.82, 2.24) is 9.71 Å². The number of nitrogens with one attached hydrogen (secondary N) is 2. The number of alkyl halides is 3. The Morgan fingerprint density at radius 2 is 2.07 bits per heavy atom. The number of thiophene rings is 1. The van der Waals surface area contributed by atoms with E-state index in [1.54, 1.807) is 0 Å². The number of anilines is 1. The summed E-state index contributed by atoms with van der Waals surface area (Å²) in [6, 6.07) is 1.98. The number of carbonyl (C=O) groups excluding carboxylic acids is 1. The second-order valence-corrected chi connectivity index (χ2v) is 8.04. The van der Waals surface area contributed by atoms with Gasteiger partial charge in [0.25, 0.3) is 0 Å². The second kappa shape index (κ2) is 8.42. The van der Waals surface area contributed by atoms with Crippen LogP contribution < -0.4 is 10.0 Å². The lowest BCUT2D eigenvalue weighted by Gasteiger charge is -2.11. The summed E-state index contributed by atoms with van der Waals surface area (Å²) in [4.78, 5) is 14.9. The molecule has 0 aliphatic carbocycles. The maximum Gasteiger partial charge on any atom is 0.417 e. The average molecular weight is 444 g/mol. The molecule has 0 saturated carbocycles. The van der Waals surface area contributed by atoms with Gasteiger partial charge in [0.15, 0.2) is 0 Å². The van der Waals surface area contributed by atoms with E-state index in [1.807, 2.05) is 0 Å². The SMILES string of the molecule is COC(=O)c1sccc1S(=O)(=O)NCCNc1ncc(C(F)(F)F)cc1Cl. The van der Waals surface area contributed by atoms with Crippen LogP contribution >= 0.6 is 22.9 Å². The quantitative estimate of drug-likeness (QED) is 0.504. The summed E-state index contributed by atoms with van der Waals surface area (Å²) in [5.41, 5.74) is -0.994. The monoisotopic (exact) mass is 443 g/mol. The molecule has 0 atom stereocenters. The van der Waals surface area contributed by atoms with Gasteiger partial charge in [0, 0.05) is 19.3 Å². The number of hydrogen-bond donors (Lipinski definition) is 2. The van der Waals surface area contributed by atoms with E-state index in [0.717, 1.165) is 24.5 Å². The number of halogens is 4. The van der Waals surface area contributed by atoms with Gasteiger partial charge in [-0.3, -0.25) is 0 Å². The van der Waals surface area contributed by atoms with Gasteiger partial charge in [-0.05, 0) is 17.5 Å². The van der Waals surface area contributed by atoms with Crippen molar-refractivity contribution in [1.29, 1.82) is 0 Å². The highest BCUT2D eigenvalue weighted by Gasteiger charge is 2.31. The summed E-state index contributed by atoms with van der Waals surface area (Å²) >= 11 is 6.67. The Balaban J connectivity index is 1.97. The Hall–Kier alpha value is -1.89. The standard InChI is InChI=1S/C14H13ClF3N3O4S2/c1-25-13(22)11-10(2-5-26-11)27(23,24)21-4-3-19-12-9(15)6-8(7-20-12)14(16,17)18/h2,5-7,21H,3-4H2,1H3,(H,19,20). The number of sulfonamides is 1. The fraction of sp³-hybridized carbons (Fsp3) is 0.286. The van der Waals surface area contributed by atoms with Crippen LogP contribution in [0.15, 0.2) is 28.6 Å². The minimum atomic E-state index is -4.57. The van der Waals surface area contributed by atoms with Gasteiger partial charge >= 0.3 is 12.1 Å². The van der Waals surface area contributed by atoms with E-state index in [0.29, 0.717) is 6.20 Å². The van der Waals surface area contributed by atoms with Crippen molar-refractivity contribution < 1.29 is 31.1 Å². The van der Waals surface area contributed by atoms with Crippen LogP contribution in [0.5, 0.6) is 0 Å². The first-order chi connectivity index (χ1) is 12.6. The number of nitrogens with zero attached hydrogens (tertiary/aromatic N) is 1. The highest BCUT2D eigenvalue weighted by molar-refractivity contribution is 7.89. The molecule has 13 heteroatoms. The third kappa shape index (κ3) is 5.31. The molecule has 2 heterocycles. The predicted octanol–water partition coefficient (Wildman–Crippen LogP) is 2.99. The molecule has 0 spiro atoms. The number of pyridine rings is 1. The average Bonchev–Trinajstić information content (AvgIpc) is 3.09. The first-order valence-electron chi connectivity index (χ1n) is 7.18. The first kappa shape index (κ1) is 21.4. The zero-order chi connectivity index (χ0) is 20.2. The lowest BCUT2D eigenvalue weighted by Crippen LogP contribution is -2.29. The highest BCUT2D eigenvalue weighted by Crippen LogP contribution is 2.32. The fourth-order valence-corrected chi connectivity index (χ4v) is 4.52. The molecule has 0 fully saturated rings. The number of rotatable bonds is 7. The maximum atomic E-state index is 12.6. The first-order valence-corrected chi connectivity index (χ1v) is 9.92. The van der Waals surface area contributed by atoms with Crippen molar-refractivity contribution in [2.75, 3.05) is 25.5 Å². The van der Waals surface area contributed by atoms with E-state index in [9.17, 15) is 26.4 Å². The summed E-state index contributed by atoms with van der Waals surface area (Å²) < 4.78 is 69.0. The molecule has 0 radical (unpaired) electrons. The third-order valence-corrected chi connectivity index (χ3v) is 5.98. The van der Waals surface area contributed by atoms with Crippen molar-refractivity contribution in [2.24, 2.45) is 0 Å². The van der Waals surface area contributed by atoms with Gasteiger partial charge in [0.2, 0.25) is 10.0 Å².